The van der Waals surface area contributed by atoms with Crippen LogP contribution in [0.1, 0.15) is 6.92 Å². The molecule has 3 heteroatoms. The van der Waals surface area contributed by atoms with Crippen LogP contribution in [-0.4, -0.2) is 21.3 Å². The molecule has 0 unspecified atom stereocenters. The molecule has 0 N–H and O–H groups in total. The number of carbonyl (C=O) groups is 1. The topological polar surface area (TPSA) is 17.1 Å². The molecule has 54 valence electrons. The predicted molar refractivity (Wildman–Crippen MR) is 47.0 cm³/mol. The molecule has 0 heterocycles. The van der Waals surface area contributed by atoms with Crippen molar-refractivity contribution in [2.75, 3.05) is 0 Å². The highest BCUT2D eigenvalue weighted by Crippen LogP contribution is 2.07. The van der Waals surface area contributed by atoms with Crippen LogP contribution in [0.3, 0.4) is 0 Å². The van der Waals surface area contributed by atoms with Gasteiger partial charge in [0.25, 0.3) is 0 Å². The molecule has 0 aromatic carbocycles. The third-order valence-electron chi connectivity index (χ3n) is 2.35. The summed E-state index contributed by atoms with van der Waals surface area (Å²) >= 11 is 0. The minimum atomic E-state index is -1.36. The molecule has 0 radical (unpaired) electrons. The lowest BCUT2D eigenvalue weighted by Crippen LogP contribution is -2.48. The number of hydrogen-bond donors (Lipinski definition) is 0. The molecule has 0 aromatic rings. The summed E-state index contributed by atoms with van der Waals surface area (Å²) < 4.78 is 0. The van der Waals surface area contributed by atoms with Crippen LogP contribution < -0.4 is 0 Å². The molecule has 0 aliphatic rings. The van der Waals surface area contributed by atoms with Gasteiger partial charge in [-0.3, -0.25) is 0 Å². The minimum Gasteiger partial charge on any atom is -0.306 e. The van der Waals surface area contributed by atoms with Gasteiger partial charge in [0.1, 0.15) is 13.0 Å². The Bertz CT molecular complexity index is 118. The van der Waals surface area contributed by atoms with Crippen molar-refractivity contribution in [3.8, 4) is 0 Å². The molecular weight excluding hydrogens is 144 g/mol. The van der Waals surface area contributed by atoms with Crippen molar-refractivity contribution < 1.29 is 4.79 Å². The normalized spacial score (nSPS) is 12.2. The quantitative estimate of drug-likeness (QED) is 0.558. The van der Waals surface area contributed by atoms with Crippen LogP contribution in [-0.2, 0) is 4.79 Å². The number of hydrogen-bond acceptors (Lipinski definition) is 1. The van der Waals surface area contributed by atoms with E-state index >= 15 is 0 Å². The standard InChI is InChI=1S/C6H16OSi2/c1-6(7)9(4,5)8(2)3/h8H,1-5H3. The van der Waals surface area contributed by atoms with Crippen molar-refractivity contribution >= 4 is 21.3 Å². The summed E-state index contributed by atoms with van der Waals surface area (Å²) in [5, 5.41) is 0.476. The highest BCUT2D eigenvalue weighted by atomic mass is 29.2. The Balaban J connectivity index is 4.19. The van der Waals surface area contributed by atoms with E-state index in [1.165, 1.54) is 0 Å². The molecule has 9 heavy (non-hydrogen) atoms. The zero-order valence-corrected chi connectivity index (χ0v) is 9.14. The molecule has 0 spiro atoms. The van der Waals surface area contributed by atoms with E-state index in [4.69, 9.17) is 0 Å². The fraction of sp³-hybridized carbons (Fsp3) is 0.833. The van der Waals surface area contributed by atoms with E-state index < -0.39 is 15.9 Å². The summed E-state index contributed by atoms with van der Waals surface area (Å²) in [7, 11) is -2.01. The van der Waals surface area contributed by atoms with Gasteiger partial charge < -0.3 is 4.79 Å². The Labute approximate surface area is 59.9 Å². The SMILES string of the molecule is CC(=O)[Si](C)(C)[SiH](C)C. The minimum absolute atomic E-state index is 0.476. The van der Waals surface area contributed by atoms with Crippen LogP contribution in [0.4, 0.5) is 0 Å². The van der Waals surface area contributed by atoms with Gasteiger partial charge in [0, 0.05) is 8.31 Å². The van der Waals surface area contributed by atoms with Crippen molar-refractivity contribution in [3.05, 3.63) is 0 Å². The van der Waals surface area contributed by atoms with Gasteiger partial charge in [-0.05, 0) is 6.92 Å². The second-order valence-electron chi connectivity index (χ2n) is 3.43. The highest BCUT2D eigenvalue weighted by molar-refractivity contribution is 7.44. The zero-order chi connectivity index (χ0) is 7.65. The lowest BCUT2D eigenvalue weighted by molar-refractivity contribution is -0.110. The van der Waals surface area contributed by atoms with Crippen LogP contribution in [0.2, 0.25) is 26.2 Å². The third kappa shape index (κ3) is 2.06. The number of rotatable bonds is 2. The molecule has 0 bridgehead atoms. The summed E-state index contributed by atoms with van der Waals surface area (Å²) in [6.07, 6.45) is 0. The Morgan fingerprint density at radius 3 is 1.67 bits per heavy atom. The fourth-order valence-electron chi connectivity index (χ4n) is 0.407. The molecule has 0 rings (SSSR count). The lowest BCUT2D eigenvalue weighted by Gasteiger charge is -2.21. The van der Waals surface area contributed by atoms with Crippen molar-refractivity contribution in [2.45, 2.75) is 33.1 Å². The first-order valence-corrected chi connectivity index (χ1v) is 10.5. The summed E-state index contributed by atoms with van der Waals surface area (Å²) in [6.45, 7) is 10.7. The average Bonchev–Trinajstić information content (AvgIpc) is 1.65. The largest absolute Gasteiger partial charge is 0.306 e. The molecule has 0 fully saturated rings. The second-order valence-corrected chi connectivity index (χ2v) is 17.7. The van der Waals surface area contributed by atoms with Crippen LogP contribution in [0.25, 0.3) is 0 Å². The summed E-state index contributed by atoms with van der Waals surface area (Å²) in [6, 6.07) is 0. The van der Waals surface area contributed by atoms with Crippen LogP contribution in [0.5, 0.6) is 0 Å². The van der Waals surface area contributed by atoms with Crippen molar-refractivity contribution in [1.82, 2.24) is 0 Å². The molecule has 0 aromatic heterocycles. The van der Waals surface area contributed by atoms with E-state index in [2.05, 4.69) is 26.2 Å². The third-order valence-corrected chi connectivity index (χ3v) is 16.9. The van der Waals surface area contributed by atoms with Gasteiger partial charge >= 0.3 is 0 Å². The maximum Gasteiger partial charge on any atom is 0.115 e. The summed E-state index contributed by atoms with van der Waals surface area (Å²) in [4.78, 5) is 11.0. The average molecular weight is 160 g/mol. The van der Waals surface area contributed by atoms with Crippen molar-refractivity contribution in [2.24, 2.45) is 0 Å². The van der Waals surface area contributed by atoms with Gasteiger partial charge in [0.2, 0.25) is 0 Å². The predicted octanol–water partition coefficient (Wildman–Crippen LogP) is 1.39. The van der Waals surface area contributed by atoms with Crippen molar-refractivity contribution in [3.63, 3.8) is 0 Å². The molecule has 0 atom stereocenters. The Kier molecular flexibility index (Phi) is 2.82. The van der Waals surface area contributed by atoms with Gasteiger partial charge in [-0.25, -0.2) is 0 Å². The van der Waals surface area contributed by atoms with Crippen LogP contribution in [0, 0.1) is 0 Å². The maximum absolute atomic E-state index is 11.0. The smallest absolute Gasteiger partial charge is 0.115 e. The van der Waals surface area contributed by atoms with E-state index in [0.29, 0.717) is 5.41 Å². The zero-order valence-electron chi connectivity index (χ0n) is 6.99. The van der Waals surface area contributed by atoms with Gasteiger partial charge in [-0.15, -0.1) is 0 Å². The Morgan fingerprint density at radius 1 is 1.33 bits per heavy atom. The van der Waals surface area contributed by atoms with Crippen LogP contribution >= 0.6 is 0 Å². The molecule has 1 nitrogen and oxygen atoms in total. The molecule has 0 saturated heterocycles. The van der Waals surface area contributed by atoms with E-state index in [9.17, 15) is 4.79 Å². The Hall–Kier alpha value is 0.104. The second kappa shape index (κ2) is 2.79. The van der Waals surface area contributed by atoms with Gasteiger partial charge in [0.05, 0.1) is 0 Å². The van der Waals surface area contributed by atoms with E-state index in [0.717, 1.165) is 0 Å². The molecular formula is C6H16OSi2. The van der Waals surface area contributed by atoms with Crippen molar-refractivity contribution in [1.29, 1.82) is 0 Å². The monoisotopic (exact) mass is 160 g/mol. The highest BCUT2D eigenvalue weighted by Gasteiger charge is 2.30. The summed E-state index contributed by atoms with van der Waals surface area (Å²) in [5.74, 6) is 0. The molecule has 0 aliphatic heterocycles. The van der Waals surface area contributed by atoms with E-state index in [1.54, 1.807) is 6.92 Å². The van der Waals surface area contributed by atoms with Gasteiger partial charge in [0.15, 0.2) is 0 Å². The first-order valence-electron chi connectivity index (χ1n) is 3.40. The maximum atomic E-state index is 11.0. The number of carbonyl (C=O) groups excluding carboxylic acids is 1. The van der Waals surface area contributed by atoms with Gasteiger partial charge in [-0.1, -0.05) is 26.2 Å². The summed E-state index contributed by atoms with van der Waals surface area (Å²) in [5.41, 5.74) is 0. The van der Waals surface area contributed by atoms with Crippen LogP contribution in [0.15, 0.2) is 0 Å². The first-order chi connectivity index (χ1) is 3.89. The van der Waals surface area contributed by atoms with E-state index in [1.807, 2.05) is 0 Å². The molecule has 0 saturated carbocycles. The fourth-order valence-corrected chi connectivity index (χ4v) is 3.66. The molecule has 0 amide bonds. The molecule has 0 aliphatic carbocycles. The lowest BCUT2D eigenvalue weighted by atomic mass is 10.9. The Morgan fingerprint density at radius 2 is 1.67 bits per heavy atom. The van der Waals surface area contributed by atoms with E-state index in [-0.39, 0.29) is 0 Å². The first kappa shape index (κ1) is 9.10. The van der Waals surface area contributed by atoms with Gasteiger partial charge in [-0.2, -0.15) is 0 Å².